The second-order valence-corrected chi connectivity index (χ2v) is 7.07. The van der Waals surface area contributed by atoms with Crippen molar-refractivity contribution in [1.29, 1.82) is 0 Å². The topological polar surface area (TPSA) is 105 Å². The number of H-pyrrole nitrogens is 1. The molecule has 158 valence electrons. The number of ether oxygens (including phenoxy) is 1. The molecule has 8 heteroatoms. The third-order valence-electron chi connectivity index (χ3n) is 4.38. The van der Waals surface area contributed by atoms with Crippen LogP contribution >= 0.6 is 11.6 Å². The molecule has 4 aromatic rings. The van der Waals surface area contributed by atoms with E-state index in [0.29, 0.717) is 22.1 Å². The first-order valence-corrected chi connectivity index (χ1v) is 9.68. The summed E-state index contributed by atoms with van der Waals surface area (Å²) in [6.45, 7) is 2.87. The average Bonchev–Trinajstić information content (AvgIpc) is 3.17. The quantitative estimate of drug-likeness (QED) is 0.430. The van der Waals surface area contributed by atoms with E-state index in [-0.39, 0.29) is 0 Å². The van der Waals surface area contributed by atoms with Gasteiger partial charge in [-0.1, -0.05) is 35.9 Å². The van der Waals surface area contributed by atoms with Crippen LogP contribution in [0.3, 0.4) is 0 Å². The predicted molar refractivity (Wildman–Crippen MR) is 119 cm³/mol. The number of rotatable bonds is 3. The summed E-state index contributed by atoms with van der Waals surface area (Å²) in [7, 11) is 1.36. The molecule has 2 aromatic carbocycles. The molecular formula is C23H20ClN3O4. The Hall–Kier alpha value is -3.71. The molecule has 0 radical (unpaired) electrons. The highest BCUT2D eigenvalue weighted by molar-refractivity contribution is 6.30. The number of halogens is 1. The van der Waals surface area contributed by atoms with Gasteiger partial charge in [0.15, 0.2) is 0 Å². The minimum atomic E-state index is -0.833. The Bertz CT molecular complexity index is 1210. The number of nitrogens with one attached hydrogen (secondary N) is 1. The summed E-state index contributed by atoms with van der Waals surface area (Å²) in [5.41, 5.74) is 5.08. The Morgan fingerprint density at radius 3 is 2.32 bits per heavy atom. The number of fused-ring (bicyclic) bond motifs is 1. The highest BCUT2D eigenvalue weighted by Crippen LogP contribution is 2.32. The molecule has 0 amide bonds. The Kier molecular flexibility index (Phi) is 6.67. The van der Waals surface area contributed by atoms with Crippen molar-refractivity contribution in [3.63, 3.8) is 0 Å². The van der Waals surface area contributed by atoms with Gasteiger partial charge in [0.25, 0.3) is 5.97 Å². The fourth-order valence-corrected chi connectivity index (χ4v) is 3.14. The fourth-order valence-electron chi connectivity index (χ4n) is 3.01. The van der Waals surface area contributed by atoms with E-state index in [1.54, 1.807) is 13.0 Å². The van der Waals surface area contributed by atoms with Crippen molar-refractivity contribution < 1.29 is 19.4 Å². The molecule has 7 nitrogen and oxygen atoms in total. The minimum Gasteiger partial charge on any atom is -0.481 e. The summed E-state index contributed by atoms with van der Waals surface area (Å²) in [5, 5.41) is 8.06. The number of aryl methyl sites for hydroxylation is 1. The van der Waals surface area contributed by atoms with Crippen LogP contribution in [0.4, 0.5) is 0 Å². The van der Waals surface area contributed by atoms with Crippen molar-refractivity contribution in [2.75, 3.05) is 7.11 Å². The van der Waals surface area contributed by atoms with Crippen LogP contribution in [0.5, 0.6) is 0 Å². The van der Waals surface area contributed by atoms with E-state index in [2.05, 4.69) is 15.0 Å². The van der Waals surface area contributed by atoms with Gasteiger partial charge in [-0.2, -0.15) is 0 Å². The van der Waals surface area contributed by atoms with E-state index >= 15 is 0 Å². The normalized spacial score (nSPS) is 10.3. The molecule has 4 rings (SSSR count). The number of carboxylic acids is 1. The first-order chi connectivity index (χ1) is 14.8. The maximum Gasteiger partial charge on any atom is 0.339 e. The number of aromatic nitrogens is 3. The number of imidazole rings is 1. The molecule has 0 saturated heterocycles. The number of para-hydroxylation sites is 2. The second kappa shape index (κ2) is 9.40. The Balaban J connectivity index is 0.000000628. The van der Waals surface area contributed by atoms with Crippen molar-refractivity contribution >= 4 is 34.6 Å². The van der Waals surface area contributed by atoms with E-state index < -0.39 is 11.9 Å². The van der Waals surface area contributed by atoms with Gasteiger partial charge in [0.1, 0.15) is 5.82 Å². The number of carboxylic acid groups (broad SMARTS) is 1. The number of carbonyl (C=O) groups excluding carboxylic acids is 1. The molecule has 0 aliphatic heterocycles. The summed E-state index contributed by atoms with van der Waals surface area (Å²) in [6.07, 6.45) is 0. The highest BCUT2D eigenvalue weighted by Gasteiger charge is 2.19. The highest BCUT2D eigenvalue weighted by atomic mass is 35.5. The van der Waals surface area contributed by atoms with Gasteiger partial charge in [0.05, 0.1) is 35.1 Å². The lowest BCUT2D eigenvalue weighted by molar-refractivity contribution is -0.134. The lowest BCUT2D eigenvalue weighted by atomic mass is 10.0. The maximum atomic E-state index is 12.2. The number of carbonyl (C=O) groups is 2. The molecule has 2 heterocycles. The van der Waals surface area contributed by atoms with Gasteiger partial charge >= 0.3 is 5.97 Å². The van der Waals surface area contributed by atoms with Crippen molar-refractivity contribution in [1.82, 2.24) is 15.0 Å². The standard InChI is InChI=1S/C21H16ClN3O2.C2H4O2/c1-12-15(21(26)27-2)11-16(19(23-12)13-7-9-14(22)10-8-13)20-24-17-5-3-4-6-18(17)25-20;1-2(3)4/h3-11H,1-2H3,(H,24,25);1H3,(H,3,4). The van der Waals surface area contributed by atoms with Gasteiger partial charge in [-0.25, -0.2) is 9.78 Å². The number of nitrogens with zero attached hydrogens (tertiary/aromatic N) is 2. The van der Waals surface area contributed by atoms with Crippen LogP contribution in [0, 0.1) is 6.92 Å². The average molecular weight is 438 g/mol. The molecule has 0 aliphatic rings. The van der Waals surface area contributed by atoms with E-state index in [4.69, 9.17) is 26.2 Å². The predicted octanol–water partition coefficient (Wildman–Crippen LogP) is 5.13. The third-order valence-corrected chi connectivity index (χ3v) is 4.63. The number of hydrogen-bond donors (Lipinski definition) is 2. The molecule has 0 bridgehead atoms. The van der Waals surface area contributed by atoms with Gasteiger partial charge in [0, 0.05) is 23.1 Å². The van der Waals surface area contributed by atoms with Crippen LogP contribution in [0.1, 0.15) is 23.0 Å². The fraction of sp³-hybridized carbons (Fsp3) is 0.130. The largest absolute Gasteiger partial charge is 0.481 e. The van der Waals surface area contributed by atoms with Crippen LogP contribution < -0.4 is 0 Å². The van der Waals surface area contributed by atoms with Crippen LogP contribution in [0.25, 0.3) is 33.7 Å². The Morgan fingerprint density at radius 2 is 1.71 bits per heavy atom. The Labute approximate surface area is 183 Å². The second-order valence-electron chi connectivity index (χ2n) is 6.64. The number of pyridine rings is 1. The van der Waals surface area contributed by atoms with Crippen LogP contribution in [-0.4, -0.2) is 39.1 Å². The van der Waals surface area contributed by atoms with Gasteiger partial charge in [0.2, 0.25) is 0 Å². The van der Waals surface area contributed by atoms with Crippen molar-refractivity contribution in [3.05, 3.63) is 70.9 Å². The number of aliphatic carboxylic acids is 1. The third kappa shape index (κ3) is 5.07. The lowest BCUT2D eigenvalue weighted by Gasteiger charge is -2.12. The van der Waals surface area contributed by atoms with Gasteiger partial charge in [-0.05, 0) is 37.3 Å². The van der Waals surface area contributed by atoms with E-state index in [1.807, 2.05) is 48.5 Å². The van der Waals surface area contributed by atoms with E-state index in [0.717, 1.165) is 34.8 Å². The smallest absolute Gasteiger partial charge is 0.339 e. The van der Waals surface area contributed by atoms with Crippen LogP contribution in [0.15, 0.2) is 54.6 Å². The summed E-state index contributed by atoms with van der Waals surface area (Å²) >= 11 is 6.03. The molecule has 0 spiro atoms. The van der Waals surface area contributed by atoms with Gasteiger partial charge in [-0.15, -0.1) is 0 Å². The molecule has 0 fully saturated rings. The zero-order valence-corrected chi connectivity index (χ0v) is 17.9. The van der Waals surface area contributed by atoms with Gasteiger partial charge < -0.3 is 14.8 Å². The zero-order valence-electron chi connectivity index (χ0n) is 17.1. The minimum absolute atomic E-state index is 0.408. The number of methoxy groups -OCH3 is 1. The van der Waals surface area contributed by atoms with Gasteiger partial charge in [-0.3, -0.25) is 9.78 Å². The summed E-state index contributed by atoms with van der Waals surface area (Å²) in [6, 6.07) is 16.9. The summed E-state index contributed by atoms with van der Waals surface area (Å²) in [4.78, 5) is 33.8. The zero-order chi connectivity index (χ0) is 22.5. The number of aromatic amines is 1. The monoisotopic (exact) mass is 437 g/mol. The van der Waals surface area contributed by atoms with E-state index in [1.165, 1.54) is 7.11 Å². The first-order valence-electron chi connectivity index (χ1n) is 9.30. The molecule has 2 aromatic heterocycles. The van der Waals surface area contributed by atoms with Crippen LogP contribution in [-0.2, 0) is 9.53 Å². The summed E-state index contributed by atoms with van der Waals surface area (Å²) < 4.78 is 4.90. The molecule has 0 atom stereocenters. The van der Waals surface area contributed by atoms with Crippen LogP contribution in [0.2, 0.25) is 5.02 Å². The number of esters is 1. The molecule has 31 heavy (non-hydrogen) atoms. The first kappa shape index (κ1) is 22.0. The number of benzene rings is 2. The Morgan fingerprint density at radius 1 is 1.06 bits per heavy atom. The summed E-state index contributed by atoms with van der Waals surface area (Å²) in [5.74, 6) is -0.626. The molecule has 2 N–H and O–H groups in total. The van der Waals surface area contributed by atoms with Crippen molar-refractivity contribution in [3.8, 4) is 22.6 Å². The lowest BCUT2D eigenvalue weighted by Crippen LogP contribution is -2.07. The van der Waals surface area contributed by atoms with Crippen molar-refractivity contribution in [2.24, 2.45) is 0 Å². The SMILES string of the molecule is CC(=O)O.COC(=O)c1cc(-c2nc3ccccc3[nH]2)c(-c2ccc(Cl)cc2)nc1C. The maximum absolute atomic E-state index is 12.2. The van der Waals surface area contributed by atoms with Crippen molar-refractivity contribution in [2.45, 2.75) is 13.8 Å². The molecule has 0 unspecified atom stereocenters. The molecular weight excluding hydrogens is 418 g/mol. The number of hydrogen-bond acceptors (Lipinski definition) is 5. The van der Waals surface area contributed by atoms with E-state index in [9.17, 15) is 4.79 Å². The molecule has 0 aliphatic carbocycles. The molecule has 0 saturated carbocycles.